The molecule has 2 aromatic carbocycles. The normalized spacial score (nSPS) is 15.5. The number of carbonyl (C=O) groups is 1. The van der Waals surface area contributed by atoms with Gasteiger partial charge in [0.05, 0.1) is 7.11 Å². The molecule has 1 aliphatic rings. The second-order valence-electron chi connectivity index (χ2n) is 5.78. The Kier molecular flexibility index (Phi) is 3.61. The Morgan fingerprint density at radius 3 is 2.64 bits per heavy atom. The van der Waals surface area contributed by atoms with Gasteiger partial charge < -0.3 is 14.0 Å². The minimum atomic E-state index is -0.446. The van der Waals surface area contributed by atoms with E-state index in [1.807, 2.05) is 54.2 Å². The molecule has 0 N–H and O–H groups in total. The second kappa shape index (κ2) is 5.94. The van der Waals surface area contributed by atoms with Gasteiger partial charge in [-0.05, 0) is 36.4 Å². The largest absolute Gasteiger partial charge is 0.497 e. The minimum absolute atomic E-state index is 0.294. The average Bonchev–Trinajstić information content (AvgIpc) is 3.16. The molecular formula is C20H16N2O3. The van der Waals surface area contributed by atoms with Crippen LogP contribution in [-0.2, 0) is 16.6 Å². The summed E-state index contributed by atoms with van der Waals surface area (Å²) < 4.78 is 12.5. The molecule has 4 rings (SSSR count). The maximum Gasteiger partial charge on any atom is 0.363 e. The molecule has 3 aromatic rings. The lowest BCUT2D eigenvalue weighted by molar-refractivity contribution is -0.129. The van der Waals surface area contributed by atoms with E-state index in [1.165, 1.54) is 0 Å². The number of cyclic esters (lactones) is 1. The molecular weight excluding hydrogens is 316 g/mol. The Bertz CT molecular complexity index is 1030. The van der Waals surface area contributed by atoms with Gasteiger partial charge in [0.15, 0.2) is 5.70 Å². The average molecular weight is 332 g/mol. The van der Waals surface area contributed by atoms with E-state index in [1.54, 1.807) is 25.3 Å². The van der Waals surface area contributed by atoms with Crippen molar-refractivity contribution < 1.29 is 14.3 Å². The van der Waals surface area contributed by atoms with Crippen LogP contribution >= 0.6 is 0 Å². The highest BCUT2D eigenvalue weighted by Gasteiger charge is 2.24. The fourth-order valence-corrected chi connectivity index (χ4v) is 2.90. The van der Waals surface area contributed by atoms with E-state index in [0.717, 1.165) is 27.8 Å². The molecule has 0 bridgehead atoms. The van der Waals surface area contributed by atoms with E-state index in [2.05, 4.69) is 4.99 Å². The van der Waals surface area contributed by atoms with Gasteiger partial charge in [-0.25, -0.2) is 9.79 Å². The first-order valence-electron chi connectivity index (χ1n) is 7.87. The Balaban J connectivity index is 1.72. The van der Waals surface area contributed by atoms with E-state index in [-0.39, 0.29) is 0 Å². The first-order chi connectivity index (χ1) is 12.2. The summed E-state index contributed by atoms with van der Waals surface area (Å²) in [5, 5.41) is 1.07. The lowest BCUT2D eigenvalue weighted by Gasteiger charge is -2.01. The fourth-order valence-electron chi connectivity index (χ4n) is 2.90. The van der Waals surface area contributed by atoms with Gasteiger partial charge in [0, 0.05) is 35.3 Å². The van der Waals surface area contributed by atoms with Crippen molar-refractivity contribution in [1.29, 1.82) is 0 Å². The zero-order valence-corrected chi connectivity index (χ0v) is 13.9. The fraction of sp³-hybridized carbons (Fsp3) is 0.100. The molecule has 0 spiro atoms. The summed E-state index contributed by atoms with van der Waals surface area (Å²) in [5.41, 5.74) is 3.06. The highest BCUT2D eigenvalue weighted by molar-refractivity contribution is 6.13. The van der Waals surface area contributed by atoms with Gasteiger partial charge in [0.2, 0.25) is 5.90 Å². The van der Waals surface area contributed by atoms with Crippen molar-refractivity contribution in [3.63, 3.8) is 0 Å². The third kappa shape index (κ3) is 2.70. The molecule has 0 aliphatic carbocycles. The number of aromatic nitrogens is 1. The molecule has 0 saturated carbocycles. The number of aliphatic imine (C=N–C) groups is 1. The highest BCUT2D eigenvalue weighted by Crippen LogP contribution is 2.25. The Hall–Kier alpha value is -3.34. The molecule has 0 atom stereocenters. The van der Waals surface area contributed by atoms with Gasteiger partial charge >= 0.3 is 5.97 Å². The number of para-hydroxylation sites is 1. The summed E-state index contributed by atoms with van der Waals surface area (Å²) >= 11 is 0. The van der Waals surface area contributed by atoms with Crippen molar-refractivity contribution in [2.75, 3.05) is 7.11 Å². The van der Waals surface area contributed by atoms with E-state index in [9.17, 15) is 4.79 Å². The van der Waals surface area contributed by atoms with Gasteiger partial charge in [-0.2, -0.15) is 0 Å². The van der Waals surface area contributed by atoms with E-state index in [0.29, 0.717) is 11.6 Å². The Labute approximate surface area is 144 Å². The maximum atomic E-state index is 12.2. The number of rotatable bonds is 3. The van der Waals surface area contributed by atoms with Crippen LogP contribution in [0.15, 0.2) is 65.4 Å². The lowest BCUT2D eigenvalue weighted by atomic mass is 10.1. The summed E-state index contributed by atoms with van der Waals surface area (Å²) in [5.74, 6) is 0.595. The number of hydrogen-bond donors (Lipinski definition) is 0. The first-order valence-corrected chi connectivity index (χ1v) is 7.87. The molecule has 5 heteroatoms. The first kappa shape index (κ1) is 15.2. The van der Waals surface area contributed by atoms with Crippen molar-refractivity contribution in [1.82, 2.24) is 4.57 Å². The van der Waals surface area contributed by atoms with Crippen molar-refractivity contribution in [3.05, 3.63) is 71.6 Å². The maximum absolute atomic E-state index is 12.2. The topological polar surface area (TPSA) is 52.8 Å². The number of carbonyl (C=O) groups excluding carboxylic acids is 1. The van der Waals surface area contributed by atoms with Crippen LogP contribution in [0.25, 0.3) is 17.0 Å². The Morgan fingerprint density at radius 1 is 1.12 bits per heavy atom. The minimum Gasteiger partial charge on any atom is -0.497 e. The number of methoxy groups -OCH3 is 1. The smallest absolute Gasteiger partial charge is 0.363 e. The lowest BCUT2D eigenvalue weighted by Crippen LogP contribution is -2.05. The predicted molar refractivity (Wildman–Crippen MR) is 96.5 cm³/mol. The molecule has 0 amide bonds. The molecule has 124 valence electrons. The van der Waals surface area contributed by atoms with Crippen LogP contribution in [0, 0.1) is 0 Å². The SMILES string of the molecule is COc1ccc(C2=N/C(=C\c3cn(C)c4ccccc34)C(=O)O2)cc1. The van der Waals surface area contributed by atoms with Crippen molar-refractivity contribution in [2.45, 2.75) is 0 Å². The summed E-state index contributed by atoms with van der Waals surface area (Å²) in [6.45, 7) is 0. The van der Waals surface area contributed by atoms with Crippen LogP contribution in [0.3, 0.4) is 0 Å². The van der Waals surface area contributed by atoms with E-state index < -0.39 is 5.97 Å². The third-order valence-corrected chi connectivity index (χ3v) is 4.18. The number of fused-ring (bicyclic) bond motifs is 1. The molecule has 0 unspecified atom stereocenters. The number of hydrogen-bond acceptors (Lipinski definition) is 4. The molecule has 1 aromatic heterocycles. The quantitative estimate of drug-likeness (QED) is 0.544. The molecule has 0 saturated heterocycles. The zero-order chi connectivity index (χ0) is 17.4. The number of ether oxygens (including phenoxy) is 2. The second-order valence-corrected chi connectivity index (χ2v) is 5.78. The summed E-state index contributed by atoms with van der Waals surface area (Å²) in [6, 6.07) is 15.3. The van der Waals surface area contributed by atoms with E-state index in [4.69, 9.17) is 9.47 Å². The number of nitrogens with zero attached hydrogens (tertiary/aromatic N) is 2. The van der Waals surface area contributed by atoms with Gasteiger partial charge in [0.1, 0.15) is 5.75 Å². The van der Waals surface area contributed by atoms with Crippen LogP contribution in [0.4, 0.5) is 0 Å². The standard InChI is InChI=1S/C20H16N2O3/c1-22-12-14(16-5-3-4-6-18(16)22)11-17-20(23)25-19(21-17)13-7-9-15(24-2)10-8-13/h3-12H,1-2H3/b17-11-. The van der Waals surface area contributed by atoms with Gasteiger partial charge in [-0.3, -0.25) is 0 Å². The van der Waals surface area contributed by atoms with Crippen LogP contribution in [0.1, 0.15) is 11.1 Å². The van der Waals surface area contributed by atoms with Crippen LogP contribution in [-0.4, -0.2) is 23.5 Å². The Morgan fingerprint density at radius 2 is 1.88 bits per heavy atom. The monoisotopic (exact) mass is 332 g/mol. The van der Waals surface area contributed by atoms with Crippen molar-refractivity contribution >= 4 is 28.8 Å². The highest BCUT2D eigenvalue weighted by atomic mass is 16.6. The molecule has 25 heavy (non-hydrogen) atoms. The molecule has 5 nitrogen and oxygen atoms in total. The van der Waals surface area contributed by atoms with Crippen LogP contribution in [0.2, 0.25) is 0 Å². The van der Waals surface area contributed by atoms with Gasteiger partial charge in [-0.15, -0.1) is 0 Å². The van der Waals surface area contributed by atoms with Gasteiger partial charge in [-0.1, -0.05) is 18.2 Å². The molecule has 1 aliphatic heterocycles. The molecule has 0 radical (unpaired) electrons. The third-order valence-electron chi connectivity index (χ3n) is 4.18. The zero-order valence-electron chi connectivity index (χ0n) is 13.9. The van der Waals surface area contributed by atoms with Gasteiger partial charge in [0.25, 0.3) is 0 Å². The number of benzene rings is 2. The summed E-state index contributed by atoms with van der Waals surface area (Å²) in [7, 11) is 3.58. The number of aryl methyl sites for hydroxylation is 1. The van der Waals surface area contributed by atoms with Crippen LogP contribution in [0.5, 0.6) is 5.75 Å². The molecule has 0 fully saturated rings. The van der Waals surface area contributed by atoms with E-state index >= 15 is 0 Å². The van der Waals surface area contributed by atoms with Crippen molar-refractivity contribution in [2.24, 2.45) is 12.0 Å². The number of esters is 1. The predicted octanol–water partition coefficient (Wildman–Crippen LogP) is 3.53. The summed E-state index contributed by atoms with van der Waals surface area (Å²) in [4.78, 5) is 16.6. The van der Waals surface area contributed by atoms with Crippen molar-refractivity contribution in [3.8, 4) is 5.75 Å². The summed E-state index contributed by atoms with van der Waals surface area (Å²) in [6.07, 6.45) is 3.74. The molecule has 2 heterocycles. The van der Waals surface area contributed by atoms with Crippen LogP contribution < -0.4 is 4.74 Å².